The number of hydrogen-bond donors (Lipinski definition) is 1. The van der Waals surface area contributed by atoms with Crippen LogP contribution in [0.2, 0.25) is 0 Å². The van der Waals surface area contributed by atoms with Gasteiger partial charge >= 0.3 is 0 Å². The number of benzene rings is 2. The van der Waals surface area contributed by atoms with E-state index >= 15 is 0 Å². The van der Waals surface area contributed by atoms with Gasteiger partial charge in [-0.1, -0.05) is 64.1 Å². The highest BCUT2D eigenvalue weighted by molar-refractivity contribution is 5.77. The largest absolute Gasteiger partial charge is 0.495 e. The average molecular weight is 425 g/mol. The topological polar surface area (TPSA) is 49.4 Å². The highest BCUT2D eigenvalue weighted by atomic mass is 16.5. The van der Waals surface area contributed by atoms with Gasteiger partial charge in [-0.15, -0.1) is 0 Å². The number of piperazine rings is 1. The van der Waals surface area contributed by atoms with Crippen molar-refractivity contribution < 1.29 is 14.8 Å². The summed E-state index contributed by atoms with van der Waals surface area (Å²) in [4.78, 5) is 17.2. The number of nitrogens with zero attached hydrogens (tertiary/aromatic N) is 2. The minimum absolute atomic E-state index is 0.226. The highest BCUT2D eigenvalue weighted by Crippen LogP contribution is 2.28. The van der Waals surface area contributed by atoms with Gasteiger partial charge < -0.3 is 19.9 Å². The Morgan fingerprint density at radius 2 is 1.55 bits per heavy atom. The van der Waals surface area contributed by atoms with Gasteiger partial charge in [0.15, 0.2) is 6.54 Å². The number of nitrogens with two attached hydrogens (primary N) is 1. The third-order valence-corrected chi connectivity index (χ3v) is 6.31. The second-order valence-corrected chi connectivity index (χ2v) is 9.07. The predicted octanol–water partition coefficient (Wildman–Crippen LogP) is 3.43. The van der Waals surface area contributed by atoms with Gasteiger partial charge in [-0.2, -0.15) is 0 Å². The zero-order valence-electron chi connectivity index (χ0n) is 19.7. The minimum atomic E-state index is 0.226. The summed E-state index contributed by atoms with van der Waals surface area (Å²) >= 11 is 0. The summed E-state index contributed by atoms with van der Waals surface area (Å²) < 4.78 is 5.50. The van der Waals surface area contributed by atoms with Crippen molar-refractivity contribution in [3.05, 3.63) is 59.7 Å². The van der Waals surface area contributed by atoms with E-state index in [1.807, 2.05) is 23.1 Å². The highest BCUT2D eigenvalue weighted by Gasteiger charge is 2.26. The van der Waals surface area contributed by atoms with Crippen LogP contribution in [0.5, 0.6) is 5.75 Å². The number of para-hydroxylation sites is 2. The molecule has 31 heavy (non-hydrogen) atoms. The number of methoxy groups -OCH3 is 1. The van der Waals surface area contributed by atoms with Crippen LogP contribution in [0.15, 0.2) is 48.5 Å². The number of quaternary nitrogens is 1. The number of amides is 1. The molecule has 2 N–H and O–H groups in total. The van der Waals surface area contributed by atoms with E-state index in [0.29, 0.717) is 24.4 Å². The first-order chi connectivity index (χ1) is 14.9. The van der Waals surface area contributed by atoms with E-state index in [-0.39, 0.29) is 5.91 Å². The molecule has 1 fully saturated rings. The third kappa shape index (κ3) is 5.79. The molecule has 3 rings (SSSR count). The first kappa shape index (κ1) is 23.1. The van der Waals surface area contributed by atoms with Crippen LogP contribution >= 0.6 is 0 Å². The molecular weight excluding hydrogens is 386 g/mol. The van der Waals surface area contributed by atoms with Crippen LogP contribution in [0.1, 0.15) is 50.8 Å². The summed E-state index contributed by atoms with van der Waals surface area (Å²) in [5, 5.41) is 2.21. The van der Waals surface area contributed by atoms with Gasteiger partial charge in [-0.25, -0.2) is 0 Å². The molecule has 1 heterocycles. The summed E-state index contributed by atoms with van der Waals surface area (Å²) in [6, 6.07) is 17.3. The van der Waals surface area contributed by atoms with Crippen molar-refractivity contribution in [2.24, 2.45) is 5.92 Å². The molecule has 1 aliphatic heterocycles. The molecule has 0 saturated carbocycles. The van der Waals surface area contributed by atoms with Gasteiger partial charge in [-0.3, -0.25) is 4.79 Å². The summed E-state index contributed by atoms with van der Waals surface area (Å²) in [6.45, 7) is 12.5. The lowest BCUT2D eigenvalue weighted by atomic mass is 9.93. The van der Waals surface area contributed by atoms with E-state index in [9.17, 15) is 4.79 Å². The van der Waals surface area contributed by atoms with Crippen molar-refractivity contribution in [2.45, 2.75) is 39.7 Å². The Kier molecular flexibility index (Phi) is 7.97. The molecule has 1 atom stereocenters. The maximum absolute atomic E-state index is 12.9. The number of rotatable bonds is 8. The molecule has 0 radical (unpaired) electrons. The number of ether oxygens (including phenoxy) is 1. The first-order valence-electron chi connectivity index (χ1n) is 11.5. The minimum Gasteiger partial charge on any atom is -0.495 e. The van der Waals surface area contributed by atoms with Crippen LogP contribution in [-0.2, 0) is 4.79 Å². The third-order valence-electron chi connectivity index (χ3n) is 6.31. The van der Waals surface area contributed by atoms with Crippen LogP contribution < -0.4 is 15.0 Å². The molecule has 2 aromatic carbocycles. The molecule has 5 nitrogen and oxygen atoms in total. The van der Waals surface area contributed by atoms with Crippen LogP contribution in [0, 0.1) is 5.92 Å². The van der Waals surface area contributed by atoms with Crippen molar-refractivity contribution in [3.8, 4) is 5.75 Å². The zero-order chi connectivity index (χ0) is 22.4. The Morgan fingerprint density at radius 1 is 0.935 bits per heavy atom. The molecule has 168 valence electrons. The summed E-state index contributed by atoms with van der Waals surface area (Å²) in [7, 11) is 1.70. The Morgan fingerprint density at radius 3 is 2.13 bits per heavy atom. The van der Waals surface area contributed by atoms with E-state index in [2.05, 4.69) is 68.2 Å². The van der Waals surface area contributed by atoms with Gasteiger partial charge in [-0.05, 0) is 23.6 Å². The normalized spacial score (nSPS) is 15.5. The summed E-state index contributed by atoms with van der Waals surface area (Å²) in [5.74, 6) is 2.11. The molecule has 5 heteroatoms. The average Bonchev–Trinajstić information content (AvgIpc) is 2.79. The smallest absolute Gasteiger partial charge is 0.277 e. The second kappa shape index (κ2) is 10.7. The summed E-state index contributed by atoms with van der Waals surface area (Å²) in [6.07, 6.45) is 0. The van der Waals surface area contributed by atoms with Gasteiger partial charge in [0.1, 0.15) is 11.8 Å². The van der Waals surface area contributed by atoms with Crippen LogP contribution in [0.3, 0.4) is 0 Å². The first-order valence-corrected chi connectivity index (χ1v) is 11.5. The molecule has 2 aromatic rings. The molecule has 1 aliphatic rings. The number of hydrogen-bond acceptors (Lipinski definition) is 3. The fourth-order valence-electron chi connectivity index (χ4n) is 4.34. The fraction of sp³-hybridized carbons (Fsp3) is 0.500. The monoisotopic (exact) mass is 424 g/mol. The van der Waals surface area contributed by atoms with Crippen LogP contribution in [0.4, 0.5) is 5.69 Å². The van der Waals surface area contributed by atoms with Gasteiger partial charge in [0, 0.05) is 37.7 Å². The molecule has 1 saturated heterocycles. The van der Waals surface area contributed by atoms with E-state index in [0.717, 1.165) is 37.6 Å². The van der Waals surface area contributed by atoms with Crippen molar-refractivity contribution in [1.29, 1.82) is 0 Å². The van der Waals surface area contributed by atoms with E-state index < -0.39 is 0 Å². The van der Waals surface area contributed by atoms with Gasteiger partial charge in [0.2, 0.25) is 0 Å². The zero-order valence-corrected chi connectivity index (χ0v) is 19.7. The lowest BCUT2D eigenvalue weighted by molar-refractivity contribution is -0.692. The second-order valence-electron chi connectivity index (χ2n) is 9.07. The molecule has 0 aliphatic carbocycles. The molecule has 1 amide bonds. The fourth-order valence-corrected chi connectivity index (χ4v) is 4.34. The quantitative estimate of drug-likeness (QED) is 0.706. The molecular formula is C26H38N3O2+. The van der Waals surface area contributed by atoms with Crippen molar-refractivity contribution in [2.75, 3.05) is 44.7 Å². The van der Waals surface area contributed by atoms with Crippen LogP contribution in [-0.4, -0.2) is 50.6 Å². The van der Waals surface area contributed by atoms with E-state index in [1.165, 1.54) is 11.1 Å². The van der Waals surface area contributed by atoms with Crippen molar-refractivity contribution >= 4 is 11.6 Å². The summed E-state index contributed by atoms with van der Waals surface area (Å²) in [5.41, 5.74) is 3.76. The lowest BCUT2D eigenvalue weighted by Crippen LogP contribution is -2.88. The lowest BCUT2D eigenvalue weighted by Gasteiger charge is -2.36. The van der Waals surface area contributed by atoms with Gasteiger partial charge in [0.05, 0.1) is 12.8 Å². The number of anilines is 1. The number of carbonyl (C=O) groups is 1. The maximum atomic E-state index is 12.9. The van der Waals surface area contributed by atoms with Crippen molar-refractivity contribution in [3.63, 3.8) is 0 Å². The standard InChI is InChI=1S/C26H37N3O2/c1-19(2)21-10-12-22(13-11-21)26(20(3)4)27-18-25(30)29-16-14-28(15-17-29)23-8-6-7-9-24(23)31-5/h6-13,19-20,26-27H,14-18H2,1-5H3/p+1/t26-/m1/s1. The Hall–Kier alpha value is -2.53. The Labute approximate surface area is 187 Å². The molecule has 0 aromatic heterocycles. The molecule has 0 bridgehead atoms. The van der Waals surface area contributed by atoms with Crippen LogP contribution in [0.25, 0.3) is 0 Å². The maximum Gasteiger partial charge on any atom is 0.277 e. The SMILES string of the molecule is COc1ccccc1N1CCN(C(=O)C[NH2+][C@@H](c2ccc(C(C)C)cc2)C(C)C)CC1. The van der Waals surface area contributed by atoms with Gasteiger partial charge in [0.25, 0.3) is 5.91 Å². The molecule has 0 spiro atoms. The van der Waals surface area contributed by atoms with Crippen molar-refractivity contribution in [1.82, 2.24) is 4.90 Å². The Balaban J connectivity index is 1.55. The Bertz CT molecular complexity index is 840. The van der Waals surface area contributed by atoms with E-state index in [1.54, 1.807) is 7.11 Å². The molecule has 0 unspecified atom stereocenters. The predicted molar refractivity (Wildman–Crippen MR) is 127 cm³/mol. The number of carbonyl (C=O) groups excluding carboxylic acids is 1. The van der Waals surface area contributed by atoms with E-state index in [4.69, 9.17) is 4.74 Å².